The van der Waals surface area contributed by atoms with Crippen molar-refractivity contribution in [3.05, 3.63) is 131 Å². The Morgan fingerprint density at radius 3 is 2.26 bits per heavy atom. The summed E-state index contributed by atoms with van der Waals surface area (Å²) in [6.45, 7) is 5.91. The summed E-state index contributed by atoms with van der Waals surface area (Å²) < 4.78 is 95.9. The predicted molar refractivity (Wildman–Crippen MR) is 174 cm³/mol. The molecule has 0 atom stereocenters. The van der Waals surface area contributed by atoms with Gasteiger partial charge in [0.05, 0.1) is 2.74 Å². The fourth-order valence-corrected chi connectivity index (χ4v) is 4.10. The molecule has 4 heteroatoms. The van der Waals surface area contributed by atoms with Crippen LogP contribution < -0.4 is 0 Å². The van der Waals surface area contributed by atoms with Crippen molar-refractivity contribution in [2.24, 2.45) is 5.41 Å². The molecular formula is C39H41FIrN2-2. The minimum absolute atomic E-state index is 0. The molecule has 5 rings (SSSR count). The predicted octanol–water partition coefficient (Wildman–Crippen LogP) is 10.4. The van der Waals surface area contributed by atoms with Crippen LogP contribution in [0.25, 0.3) is 33.6 Å². The van der Waals surface area contributed by atoms with E-state index < -0.39 is 25.5 Å². The van der Waals surface area contributed by atoms with Crippen molar-refractivity contribution in [1.29, 1.82) is 0 Å². The summed E-state index contributed by atoms with van der Waals surface area (Å²) in [5.74, 6) is -0.277. The van der Waals surface area contributed by atoms with Gasteiger partial charge in [-0.15, -0.1) is 65.7 Å². The van der Waals surface area contributed by atoms with E-state index in [1.165, 1.54) is 29.8 Å². The van der Waals surface area contributed by atoms with Crippen LogP contribution in [0.5, 0.6) is 0 Å². The van der Waals surface area contributed by atoms with Crippen molar-refractivity contribution >= 4 is 0 Å². The zero-order chi connectivity index (χ0) is 39.0. The minimum Gasteiger partial charge on any atom is -0.305 e. The second kappa shape index (κ2) is 14.3. The zero-order valence-corrected chi connectivity index (χ0v) is 27.5. The Kier molecular flexibility index (Phi) is 7.37. The number of hydrogen-bond acceptors (Lipinski definition) is 2. The maximum absolute atomic E-state index is 12.8. The van der Waals surface area contributed by atoms with Gasteiger partial charge >= 0.3 is 0 Å². The molecule has 2 nitrogen and oxygen atoms in total. The van der Waals surface area contributed by atoms with E-state index in [0.29, 0.717) is 5.56 Å². The molecule has 0 fully saturated rings. The van der Waals surface area contributed by atoms with E-state index in [1.807, 2.05) is 12.1 Å². The van der Waals surface area contributed by atoms with E-state index in [1.54, 1.807) is 57.3 Å². The van der Waals surface area contributed by atoms with Gasteiger partial charge in [-0.1, -0.05) is 71.8 Å². The third-order valence-corrected chi connectivity index (χ3v) is 6.19. The first kappa shape index (κ1) is 22.1. The van der Waals surface area contributed by atoms with E-state index in [2.05, 4.69) is 42.9 Å². The van der Waals surface area contributed by atoms with Gasteiger partial charge in [-0.2, -0.15) is 0 Å². The SMILES string of the molecule is CC(C)(C)c1ccnc(-c2[c-]cc(F)cc2)c1.[2H]c1cc(C([2H])([2H])C(C)(C)C)cc(C([2H])([2H])[2H])c1-c1c(C([2H])([2H])[2H])cnc(-c2[c-]cccc2)c1[2H].[Ir]. The van der Waals surface area contributed by atoms with Gasteiger partial charge < -0.3 is 9.97 Å². The molecule has 43 heavy (non-hydrogen) atoms. The van der Waals surface area contributed by atoms with Gasteiger partial charge in [-0.05, 0) is 81.7 Å². The van der Waals surface area contributed by atoms with Crippen molar-refractivity contribution in [3.63, 3.8) is 0 Å². The molecule has 0 aliphatic carbocycles. The Balaban J connectivity index is 0.000000351. The summed E-state index contributed by atoms with van der Waals surface area (Å²) in [6, 6.07) is 22.7. The molecule has 0 amide bonds. The van der Waals surface area contributed by atoms with Gasteiger partial charge in [0.2, 0.25) is 0 Å². The van der Waals surface area contributed by atoms with E-state index in [4.69, 9.17) is 13.7 Å². The molecule has 0 aliphatic heterocycles. The number of aryl methyl sites for hydroxylation is 2. The largest absolute Gasteiger partial charge is 0.305 e. The second-order valence-electron chi connectivity index (χ2n) is 11.9. The van der Waals surface area contributed by atoms with Crippen molar-refractivity contribution in [2.45, 2.75) is 67.0 Å². The van der Waals surface area contributed by atoms with Crippen LogP contribution in [0.3, 0.4) is 0 Å². The molecule has 0 saturated heterocycles. The van der Waals surface area contributed by atoms with Crippen molar-refractivity contribution < 1.29 is 38.2 Å². The number of rotatable bonds is 4. The van der Waals surface area contributed by atoms with Gasteiger partial charge in [-0.25, -0.2) is 0 Å². The number of aromatic nitrogens is 2. The number of pyridine rings is 2. The molecule has 0 bridgehead atoms. The summed E-state index contributed by atoms with van der Waals surface area (Å²) in [4.78, 5) is 8.47. The summed E-state index contributed by atoms with van der Waals surface area (Å²) in [6.07, 6.45) is 0.884. The topological polar surface area (TPSA) is 25.8 Å². The maximum Gasteiger partial charge on any atom is 0.0629 e. The van der Waals surface area contributed by atoms with Crippen molar-refractivity contribution in [3.8, 4) is 33.6 Å². The monoisotopic (exact) mass is 759 g/mol. The quantitative estimate of drug-likeness (QED) is 0.171. The molecule has 0 saturated carbocycles. The molecule has 2 aromatic heterocycles. The third kappa shape index (κ3) is 9.51. The van der Waals surface area contributed by atoms with Gasteiger partial charge in [0.1, 0.15) is 0 Å². The molecule has 0 spiro atoms. The zero-order valence-electron chi connectivity index (χ0n) is 35.1. The molecule has 3 aromatic carbocycles. The maximum atomic E-state index is 12.8. The van der Waals surface area contributed by atoms with Gasteiger partial charge in [0.25, 0.3) is 0 Å². The van der Waals surface area contributed by atoms with Crippen LogP contribution >= 0.6 is 0 Å². The van der Waals surface area contributed by atoms with Crippen LogP contribution in [0.1, 0.15) is 77.5 Å². The van der Waals surface area contributed by atoms with Crippen LogP contribution in [0, 0.1) is 37.1 Å². The normalized spacial score (nSPS) is 15.6. The van der Waals surface area contributed by atoms with Crippen LogP contribution in [0.4, 0.5) is 4.39 Å². The van der Waals surface area contributed by atoms with E-state index >= 15 is 0 Å². The number of nitrogens with zero attached hydrogens (tertiary/aromatic N) is 2. The Labute approximate surface area is 285 Å². The van der Waals surface area contributed by atoms with Gasteiger partial charge in [0, 0.05) is 49.3 Å². The first-order valence-corrected chi connectivity index (χ1v) is 13.6. The first-order valence-electron chi connectivity index (χ1n) is 18.6. The van der Waals surface area contributed by atoms with E-state index in [0.717, 1.165) is 17.5 Å². The molecule has 0 unspecified atom stereocenters. The smallest absolute Gasteiger partial charge is 0.0629 e. The average molecular weight is 759 g/mol. The fourth-order valence-electron chi connectivity index (χ4n) is 4.10. The summed E-state index contributed by atoms with van der Waals surface area (Å²) in [5.41, 5.74) is 1.32. The second-order valence-corrected chi connectivity index (χ2v) is 11.9. The van der Waals surface area contributed by atoms with Crippen LogP contribution in [0.15, 0.2) is 91.2 Å². The minimum atomic E-state index is -2.81. The van der Waals surface area contributed by atoms with Crippen LogP contribution in [-0.4, -0.2) is 9.97 Å². The fraction of sp³-hybridized carbons (Fsp3) is 0.282. The van der Waals surface area contributed by atoms with Crippen LogP contribution in [-0.2, 0) is 31.9 Å². The Morgan fingerprint density at radius 2 is 1.63 bits per heavy atom. The van der Waals surface area contributed by atoms with Crippen molar-refractivity contribution in [1.82, 2.24) is 9.97 Å². The Hall–Kier alpha value is -3.46. The molecule has 0 N–H and O–H groups in total. The number of benzene rings is 3. The molecule has 2 heterocycles. The first-order chi connectivity index (χ1) is 23.8. The molecule has 5 aromatic rings. The standard InChI is InChI=1S/C24H26N.C15H15FN.Ir/c1-17-13-19(15-24(3,4)5)11-12-21(17)22-14-23(25-16-18(22)2)20-9-7-6-8-10-20;1-15(2,3)12-8-9-17-14(10-12)11-4-6-13(16)7-5-11;/h6-9,11-14,16H,15H2,1-5H3;4,6-10H,1-3H3;/q2*-1;/i1D3,2D3,12D,14D,15D2;;. The molecule has 225 valence electrons. The third-order valence-electron chi connectivity index (χ3n) is 6.19. The molecule has 0 aliphatic rings. The van der Waals surface area contributed by atoms with E-state index in [9.17, 15) is 4.39 Å². The number of halogens is 1. The summed E-state index contributed by atoms with van der Waals surface area (Å²) >= 11 is 0. The average Bonchev–Trinajstić information content (AvgIpc) is 3.04. The van der Waals surface area contributed by atoms with Crippen LogP contribution in [0.2, 0.25) is 0 Å². The Morgan fingerprint density at radius 1 is 0.860 bits per heavy atom. The summed E-state index contributed by atoms with van der Waals surface area (Å²) in [7, 11) is 0. The van der Waals surface area contributed by atoms with Gasteiger partial charge in [-0.3, -0.25) is 4.39 Å². The molecular weight excluding hydrogens is 708 g/mol. The molecule has 1 radical (unpaired) electrons. The number of hydrogen-bond donors (Lipinski definition) is 0. The van der Waals surface area contributed by atoms with E-state index in [-0.39, 0.29) is 76.9 Å². The summed E-state index contributed by atoms with van der Waals surface area (Å²) in [5, 5.41) is 0. The Bertz CT molecular complexity index is 2030. The van der Waals surface area contributed by atoms with Gasteiger partial charge in [0.15, 0.2) is 0 Å². The van der Waals surface area contributed by atoms with Crippen molar-refractivity contribution in [2.75, 3.05) is 0 Å².